The molecule has 5 nitrogen and oxygen atoms in total. The Morgan fingerprint density at radius 2 is 1.30 bits per heavy atom. The molecule has 0 fully saturated rings. The lowest BCUT2D eigenvalue weighted by molar-refractivity contribution is 0.483. The third-order valence-corrected chi connectivity index (χ3v) is 5.08. The van der Waals surface area contributed by atoms with E-state index in [0.717, 1.165) is 45.4 Å². The van der Waals surface area contributed by atoms with Gasteiger partial charge in [-0.3, -0.25) is 4.98 Å². The summed E-state index contributed by atoms with van der Waals surface area (Å²) >= 11 is 0. The monoisotopic (exact) mass is 430 g/mol. The summed E-state index contributed by atoms with van der Waals surface area (Å²) in [5.41, 5.74) is 4.84. The predicted molar refractivity (Wildman–Crippen MR) is 132 cm³/mol. The molecular weight excluding hydrogens is 408 g/mol. The van der Waals surface area contributed by atoms with Crippen molar-refractivity contribution in [1.82, 2.24) is 15.0 Å². The predicted octanol–water partition coefficient (Wildman–Crippen LogP) is 7.05. The van der Waals surface area contributed by atoms with Crippen LogP contribution in [0.1, 0.15) is 5.82 Å². The summed E-state index contributed by atoms with van der Waals surface area (Å²) in [6, 6.07) is 31.7. The Balaban J connectivity index is 1.36. The molecule has 5 aromatic rings. The molecule has 0 radical (unpaired) electrons. The van der Waals surface area contributed by atoms with Crippen molar-refractivity contribution >= 4 is 11.5 Å². The first kappa shape index (κ1) is 20.4. The van der Waals surface area contributed by atoms with Gasteiger partial charge in [0.1, 0.15) is 23.1 Å². The van der Waals surface area contributed by atoms with Gasteiger partial charge < -0.3 is 10.1 Å². The first-order valence-electron chi connectivity index (χ1n) is 10.7. The number of aryl methyl sites for hydroxylation is 1. The molecule has 0 bridgehead atoms. The van der Waals surface area contributed by atoms with Crippen LogP contribution in [-0.2, 0) is 0 Å². The summed E-state index contributed by atoms with van der Waals surface area (Å²) in [6.07, 6.45) is 3.69. The van der Waals surface area contributed by atoms with Crippen molar-refractivity contribution in [3.05, 3.63) is 115 Å². The Bertz CT molecular complexity index is 1350. The van der Waals surface area contributed by atoms with Crippen molar-refractivity contribution in [2.24, 2.45) is 0 Å². The van der Waals surface area contributed by atoms with Gasteiger partial charge in [-0.05, 0) is 55.0 Å². The van der Waals surface area contributed by atoms with Crippen LogP contribution in [0.4, 0.5) is 11.5 Å². The average molecular weight is 431 g/mol. The molecule has 33 heavy (non-hydrogen) atoms. The maximum Gasteiger partial charge on any atom is 0.134 e. The molecule has 0 unspecified atom stereocenters. The van der Waals surface area contributed by atoms with E-state index in [9.17, 15) is 0 Å². The van der Waals surface area contributed by atoms with Crippen molar-refractivity contribution in [1.29, 1.82) is 0 Å². The topological polar surface area (TPSA) is 59.9 Å². The molecule has 0 saturated carbocycles. The number of ether oxygens (including phenoxy) is 1. The van der Waals surface area contributed by atoms with Gasteiger partial charge in [0.05, 0.1) is 5.69 Å². The lowest BCUT2D eigenvalue weighted by Gasteiger charge is -2.11. The van der Waals surface area contributed by atoms with Gasteiger partial charge in [-0.15, -0.1) is 0 Å². The molecule has 2 heterocycles. The number of nitrogens with one attached hydrogen (secondary N) is 1. The molecule has 5 heteroatoms. The van der Waals surface area contributed by atoms with Crippen LogP contribution in [0, 0.1) is 6.92 Å². The van der Waals surface area contributed by atoms with Crippen LogP contribution in [0.25, 0.3) is 22.4 Å². The fourth-order valence-electron chi connectivity index (χ4n) is 3.53. The SMILES string of the molecule is Cc1nc(Nc2ccc(Oc3ccccc3)cc2)cc(-c2cncc(-c3ccccc3)c2)n1. The summed E-state index contributed by atoms with van der Waals surface area (Å²) in [4.78, 5) is 13.6. The summed E-state index contributed by atoms with van der Waals surface area (Å²) in [5.74, 6) is 2.99. The minimum absolute atomic E-state index is 0.684. The molecule has 0 aliphatic heterocycles. The number of para-hydroxylation sites is 1. The van der Waals surface area contributed by atoms with Crippen molar-refractivity contribution < 1.29 is 4.74 Å². The molecule has 0 saturated heterocycles. The standard InChI is InChI=1S/C28H22N4O/c1-20-30-27(23-16-22(18-29-19-23)21-8-4-2-5-9-21)17-28(31-20)32-24-12-14-26(15-13-24)33-25-10-6-3-7-11-25/h2-19H,1H3,(H,30,31,32). The van der Waals surface area contributed by atoms with Crippen LogP contribution < -0.4 is 10.1 Å². The van der Waals surface area contributed by atoms with Gasteiger partial charge in [0.25, 0.3) is 0 Å². The molecule has 0 atom stereocenters. The molecule has 0 aliphatic carbocycles. The first-order valence-corrected chi connectivity index (χ1v) is 10.7. The van der Waals surface area contributed by atoms with Crippen molar-refractivity contribution in [2.75, 3.05) is 5.32 Å². The van der Waals surface area contributed by atoms with E-state index in [-0.39, 0.29) is 0 Å². The second-order valence-corrected chi connectivity index (χ2v) is 7.58. The summed E-state index contributed by atoms with van der Waals surface area (Å²) < 4.78 is 5.87. The fourth-order valence-corrected chi connectivity index (χ4v) is 3.53. The minimum atomic E-state index is 0.684. The van der Waals surface area contributed by atoms with E-state index in [1.165, 1.54) is 0 Å². The Morgan fingerprint density at radius 1 is 0.636 bits per heavy atom. The first-order chi connectivity index (χ1) is 16.2. The highest BCUT2D eigenvalue weighted by atomic mass is 16.5. The highest BCUT2D eigenvalue weighted by Crippen LogP contribution is 2.27. The van der Waals surface area contributed by atoms with Gasteiger partial charge >= 0.3 is 0 Å². The number of hydrogen-bond donors (Lipinski definition) is 1. The summed E-state index contributed by atoms with van der Waals surface area (Å²) in [6.45, 7) is 1.89. The normalized spacial score (nSPS) is 10.6. The molecule has 0 aliphatic rings. The molecule has 0 amide bonds. The maximum atomic E-state index is 5.87. The third-order valence-electron chi connectivity index (χ3n) is 5.08. The van der Waals surface area contributed by atoms with Crippen molar-refractivity contribution in [2.45, 2.75) is 6.92 Å². The van der Waals surface area contributed by atoms with Crippen LogP contribution in [-0.4, -0.2) is 15.0 Å². The van der Waals surface area contributed by atoms with Crippen LogP contribution in [0.2, 0.25) is 0 Å². The largest absolute Gasteiger partial charge is 0.457 e. The average Bonchev–Trinajstić information content (AvgIpc) is 2.86. The number of hydrogen-bond acceptors (Lipinski definition) is 5. The highest BCUT2D eigenvalue weighted by Gasteiger charge is 2.08. The molecule has 160 valence electrons. The van der Waals surface area contributed by atoms with Crippen molar-refractivity contribution in [3.8, 4) is 33.9 Å². The number of aromatic nitrogens is 3. The van der Waals surface area contributed by atoms with E-state index >= 15 is 0 Å². The number of pyridine rings is 1. The number of nitrogens with zero attached hydrogens (tertiary/aromatic N) is 3. The molecule has 0 spiro atoms. The van der Waals surface area contributed by atoms with E-state index < -0.39 is 0 Å². The highest BCUT2D eigenvalue weighted by molar-refractivity contribution is 5.72. The van der Waals surface area contributed by atoms with Gasteiger partial charge in [0.15, 0.2) is 0 Å². The van der Waals surface area contributed by atoms with E-state index in [1.54, 1.807) is 0 Å². The van der Waals surface area contributed by atoms with Crippen molar-refractivity contribution in [3.63, 3.8) is 0 Å². The number of anilines is 2. The smallest absolute Gasteiger partial charge is 0.134 e. The van der Waals surface area contributed by atoms with Gasteiger partial charge in [0, 0.05) is 35.3 Å². The lowest BCUT2D eigenvalue weighted by Crippen LogP contribution is -1.99. The lowest BCUT2D eigenvalue weighted by atomic mass is 10.0. The maximum absolute atomic E-state index is 5.87. The van der Waals surface area contributed by atoms with E-state index in [0.29, 0.717) is 5.82 Å². The molecule has 1 N–H and O–H groups in total. The zero-order chi connectivity index (χ0) is 22.5. The van der Waals surface area contributed by atoms with Crippen LogP contribution >= 0.6 is 0 Å². The third kappa shape index (κ3) is 5.05. The quantitative estimate of drug-likeness (QED) is 0.313. The Kier molecular flexibility index (Phi) is 5.76. The van der Waals surface area contributed by atoms with Gasteiger partial charge in [-0.1, -0.05) is 48.5 Å². The Morgan fingerprint density at radius 3 is 2.06 bits per heavy atom. The van der Waals surface area contributed by atoms with Gasteiger partial charge in [0.2, 0.25) is 0 Å². The van der Waals surface area contributed by atoms with Crippen LogP contribution in [0.5, 0.6) is 11.5 Å². The van der Waals surface area contributed by atoms with Gasteiger partial charge in [-0.25, -0.2) is 9.97 Å². The van der Waals surface area contributed by atoms with Gasteiger partial charge in [-0.2, -0.15) is 0 Å². The van der Waals surface area contributed by atoms with E-state index in [4.69, 9.17) is 4.74 Å². The van der Waals surface area contributed by atoms with Crippen LogP contribution in [0.15, 0.2) is 109 Å². The van der Waals surface area contributed by atoms with E-state index in [2.05, 4.69) is 38.5 Å². The second-order valence-electron chi connectivity index (χ2n) is 7.58. The summed E-state index contributed by atoms with van der Waals surface area (Å²) in [5, 5.41) is 3.37. The molecular formula is C28H22N4O. The summed E-state index contributed by atoms with van der Waals surface area (Å²) in [7, 11) is 0. The zero-order valence-electron chi connectivity index (χ0n) is 18.1. The number of rotatable bonds is 6. The molecule has 2 aromatic heterocycles. The number of benzene rings is 3. The van der Waals surface area contributed by atoms with E-state index in [1.807, 2.05) is 98.2 Å². The minimum Gasteiger partial charge on any atom is -0.457 e. The van der Waals surface area contributed by atoms with Crippen LogP contribution in [0.3, 0.4) is 0 Å². The fraction of sp³-hybridized carbons (Fsp3) is 0.0357. The Labute approximate surface area is 192 Å². The molecule has 3 aromatic carbocycles. The Hall–Kier alpha value is -4.51. The zero-order valence-corrected chi connectivity index (χ0v) is 18.1. The molecule has 5 rings (SSSR count). The second kappa shape index (κ2) is 9.32.